The van der Waals surface area contributed by atoms with Crippen molar-refractivity contribution in [3.05, 3.63) is 64.6 Å². The summed E-state index contributed by atoms with van der Waals surface area (Å²) in [4.78, 5) is 15.0. The molecule has 0 aliphatic carbocycles. The highest BCUT2D eigenvalue weighted by Crippen LogP contribution is 2.26. The molecule has 2 aromatic carbocycles. The minimum Gasteiger partial charge on any atom is -0.503 e. The first-order chi connectivity index (χ1) is 9.16. The molecule has 0 spiro atoms. The lowest BCUT2D eigenvalue weighted by atomic mass is 10.1. The van der Waals surface area contributed by atoms with Gasteiger partial charge in [-0.05, 0) is 24.3 Å². The molecule has 1 heterocycles. The molecular formula is C15H10FNO2. The molecule has 94 valence electrons. The van der Waals surface area contributed by atoms with Crippen molar-refractivity contribution in [1.82, 2.24) is 4.98 Å². The van der Waals surface area contributed by atoms with Gasteiger partial charge in [-0.25, -0.2) is 4.39 Å². The van der Waals surface area contributed by atoms with Crippen LogP contribution in [0.25, 0.3) is 22.2 Å². The standard InChI is InChI=1S/C15H10FNO2/c16-10-5-3-4-9(8-10)13-15(19)14(18)11-6-1-2-7-12(11)17-13/h1-8,19H,(H,17,18). The predicted molar refractivity (Wildman–Crippen MR) is 71.6 cm³/mol. The number of pyridine rings is 1. The first-order valence-electron chi connectivity index (χ1n) is 5.77. The fourth-order valence-corrected chi connectivity index (χ4v) is 2.08. The van der Waals surface area contributed by atoms with E-state index in [0.29, 0.717) is 16.5 Å². The minimum absolute atomic E-state index is 0.225. The van der Waals surface area contributed by atoms with E-state index in [1.54, 1.807) is 30.3 Å². The van der Waals surface area contributed by atoms with Crippen molar-refractivity contribution in [3.8, 4) is 17.0 Å². The molecule has 0 fully saturated rings. The first kappa shape index (κ1) is 11.5. The van der Waals surface area contributed by atoms with Crippen LogP contribution in [0.2, 0.25) is 0 Å². The molecule has 0 saturated heterocycles. The van der Waals surface area contributed by atoms with E-state index < -0.39 is 17.0 Å². The van der Waals surface area contributed by atoms with Crippen molar-refractivity contribution in [1.29, 1.82) is 0 Å². The van der Waals surface area contributed by atoms with E-state index in [2.05, 4.69) is 4.98 Å². The lowest BCUT2D eigenvalue weighted by Crippen LogP contribution is -2.04. The van der Waals surface area contributed by atoms with Crippen molar-refractivity contribution in [3.63, 3.8) is 0 Å². The van der Waals surface area contributed by atoms with Crippen LogP contribution in [0, 0.1) is 5.82 Å². The van der Waals surface area contributed by atoms with Gasteiger partial charge in [0.15, 0.2) is 5.75 Å². The van der Waals surface area contributed by atoms with Gasteiger partial charge in [0.2, 0.25) is 5.43 Å². The van der Waals surface area contributed by atoms with E-state index in [1.165, 1.54) is 18.2 Å². The maximum Gasteiger partial charge on any atom is 0.231 e. The zero-order chi connectivity index (χ0) is 13.4. The van der Waals surface area contributed by atoms with E-state index in [4.69, 9.17) is 0 Å². The Morgan fingerprint density at radius 1 is 1.05 bits per heavy atom. The summed E-state index contributed by atoms with van der Waals surface area (Å²) in [5.41, 5.74) is 0.793. The Hall–Kier alpha value is -2.62. The van der Waals surface area contributed by atoms with Crippen LogP contribution in [-0.4, -0.2) is 10.1 Å². The van der Waals surface area contributed by atoms with Gasteiger partial charge in [-0.3, -0.25) is 4.79 Å². The first-order valence-corrected chi connectivity index (χ1v) is 5.77. The van der Waals surface area contributed by atoms with Crippen molar-refractivity contribution in [2.75, 3.05) is 0 Å². The SMILES string of the molecule is O=c1c(O)c(-c2cccc(F)c2)[nH]c2ccccc12. The molecule has 0 bridgehead atoms. The number of hydrogen-bond acceptors (Lipinski definition) is 2. The zero-order valence-corrected chi connectivity index (χ0v) is 9.85. The second-order valence-electron chi connectivity index (χ2n) is 4.23. The van der Waals surface area contributed by atoms with Gasteiger partial charge in [0.05, 0.1) is 5.69 Å². The van der Waals surface area contributed by atoms with Gasteiger partial charge in [-0.15, -0.1) is 0 Å². The highest BCUT2D eigenvalue weighted by molar-refractivity contribution is 5.84. The summed E-state index contributed by atoms with van der Waals surface area (Å²) >= 11 is 0. The van der Waals surface area contributed by atoms with Gasteiger partial charge in [-0.1, -0.05) is 24.3 Å². The number of fused-ring (bicyclic) bond motifs is 1. The number of hydrogen-bond donors (Lipinski definition) is 2. The number of rotatable bonds is 1. The number of benzene rings is 2. The third kappa shape index (κ3) is 1.87. The average molecular weight is 255 g/mol. The highest BCUT2D eigenvalue weighted by Gasteiger charge is 2.12. The molecule has 0 aliphatic heterocycles. The van der Waals surface area contributed by atoms with Crippen molar-refractivity contribution < 1.29 is 9.50 Å². The van der Waals surface area contributed by atoms with Crippen LogP contribution in [-0.2, 0) is 0 Å². The fraction of sp³-hybridized carbons (Fsp3) is 0. The second kappa shape index (κ2) is 4.24. The number of aromatic amines is 1. The second-order valence-corrected chi connectivity index (χ2v) is 4.23. The predicted octanol–water partition coefficient (Wildman–Crippen LogP) is 3.04. The normalized spacial score (nSPS) is 10.8. The van der Waals surface area contributed by atoms with Crippen LogP contribution < -0.4 is 5.43 Å². The average Bonchev–Trinajstić information content (AvgIpc) is 2.43. The van der Waals surface area contributed by atoms with Crippen molar-refractivity contribution >= 4 is 10.9 Å². The molecule has 0 amide bonds. The van der Waals surface area contributed by atoms with Crippen LogP contribution in [0.4, 0.5) is 4.39 Å². The molecule has 0 aliphatic rings. The maximum absolute atomic E-state index is 13.2. The van der Waals surface area contributed by atoms with Crippen LogP contribution in [0.15, 0.2) is 53.3 Å². The Kier molecular flexibility index (Phi) is 2.56. The van der Waals surface area contributed by atoms with E-state index in [-0.39, 0.29) is 5.69 Å². The molecule has 2 N–H and O–H groups in total. The van der Waals surface area contributed by atoms with Gasteiger partial charge in [0, 0.05) is 16.5 Å². The number of aromatic nitrogens is 1. The number of halogens is 1. The Bertz CT molecular complexity index is 824. The van der Waals surface area contributed by atoms with Crippen LogP contribution in [0.5, 0.6) is 5.75 Å². The van der Waals surface area contributed by atoms with Crippen LogP contribution in [0.3, 0.4) is 0 Å². The molecule has 3 nitrogen and oxygen atoms in total. The Morgan fingerprint density at radius 2 is 1.84 bits per heavy atom. The van der Waals surface area contributed by atoms with Gasteiger partial charge < -0.3 is 10.1 Å². The van der Waals surface area contributed by atoms with E-state index in [0.717, 1.165) is 0 Å². The molecule has 0 saturated carbocycles. The Morgan fingerprint density at radius 3 is 2.63 bits per heavy atom. The molecule has 4 heteroatoms. The highest BCUT2D eigenvalue weighted by atomic mass is 19.1. The van der Waals surface area contributed by atoms with Crippen LogP contribution in [0.1, 0.15) is 0 Å². The maximum atomic E-state index is 13.2. The monoisotopic (exact) mass is 255 g/mol. The minimum atomic E-state index is -0.464. The third-order valence-corrected chi connectivity index (χ3v) is 3.00. The van der Waals surface area contributed by atoms with E-state index >= 15 is 0 Å². The Balaban J connectivity index is 2.36. The summed E-state index contributed by atoms with van der Waals surface area (Å²) in [6, 6.07) is 12.6. The fourth-order valence-electron chi connectivity index (χ4n) is 2.08. The molecule has 3 aromatic rings. The summed E-state index contributed by atoms with van der Waals surface area (Å²) in [6.07, 6.45) is 0. The van der Waals surface area contributed by atoms with Crippen molar-refractivity contribution in [2.24, 2.45) is 0 Å². The van der Waals surface area contributed by atoms with Gasteiger partial charge >= 0.3 is 0 Å². The van der Waals surface area contributed by atoms with Gasteiger partial charge in [-0.2, -0.15) is 0 Å². The molecule has 19 heavy (non-hydrogen) atoms. The molecule has 1 aromatic heterocycles. The molecule has 3 rings (SSSR count). The number of H-pyrrole nitrogens is 1. The molecular weight excluding hydrogens is 245 g/mol. The third-order valence-electron chi connectivity index (χ3n) is 3.00. The Labute approximate surface area is 108 Å². The largest absolute Gasteiger partial charge is 0.503 e. The summed E-state index contributed by atoms with van der Waals surface area (Å²) < 4.78 is 13.2. The van der Waals surface area contributed by atoms with Crippen molar-refractivity contribution in [2.45, 2.75) is 0 Å². The molecule has 0 unspecified atom stereocenters. The van der Waals surface area contributed by atoms with Gasteiger partial charge in [0.25, 0.3) is 0 Å². The van der Waals surface area contributed by atoms with E-state index in [1.807, 2.05) is 0 Å². The lowest BCUT2D eigenvalue weighted by molar-refractivity contribution is 0.471. The zero-order valence-electron chi connectivity index (χ0n) is 9.85. The lowest BCUT2D eigenvalue weighted by Gasteiger charge is -2.07. The topological polar surface area (TPSA) is 53.1 Å². The number of nitrogens with one attached hydrogen (secondary N) is 1. The van der Waals surface area contributed by atoms with Crippen LogP contribution >= 0.6 is 0 Å². The number of aromatic hydroxyl groups is 1. The summed E-state index contributed by atoms with van der Waals surface area (Å²) in [6.45, 7) is 0. The quantitative estimate of drug-likeness (QED) is 0.702. The smallest absolute Gasteiger partial charge is 0.231 e. The summed E-state index contributed by atoms with van der Waals surface area (Å²) in [7, 11) is 0. The number of para-hydroxylation sites is 1. The molecule has 0 radical (unpaired) electrons. The van der Waals surface area contributed by atoms with Gasteiger partial charge in [0.1, 0.15) is 5.82 Å². The summed E-state index contributed by atoms with van der Waals surface area (Å²) in [5, 5.41) is 10.4. The van der Waals surface area contributed by atoms with E-state index in [9.17, 15) is 14.3 Å². The summed E-state index contributed by atoms with van der Waals surface area (Å²) in [5.74, 6) is -0.824. The molecule has 0 atom stereocenters.